The summed E-state index contributed by atoms with van der Waals surface area (Å²) in [7, 11) is 0. The van der Waals surface area contributed by atoms with E-state index in [1.807, 2.05) is 84.8 Å². The van der Waals surface area contributed by atoms with E-state index in [-0.39, 0.29) is 30.9 Å². The van der Waals surface area contributed by atoms with Crippen molar-refractivity contribution >= 4 is 35.0 Å². The molecule has 43 heavy (non-hydrogen) atoms. The van der Waals surface area contributed by atoms with E-state index in [0.29, 0.717) is 42.1 Å². The number of anilines is 1. The topological polar surface area (TPSA) is 113 Å². The number of nitro benzene ring substituents is 1. The van der Waals surface area contributed by atoms with E-state index < -0.39 is 17.9 Å². The number of hydrogen-bond donors (Lipinski definition) is 2. The first-order valence-electron chi connectivity index (χ1n) is 13.5. The minimum Gasteiger partial charge on any atom is -1.00 e. The number of aliphatic carboxylic acids is 1. The van der Waals surface area contributed by atoms with E-state index in [1.54, 1.807) is 24.3 Å². The zero-order valence-electron chi connectivity index (χ0n) is 25.5. The Kier molecular flexibility index (Phi) is 12.4. The molecule has 0 aromatic heterocycles. The maximum absolute atomic E-state index is 13.5. The molecule has 1 amide bonds. The number of nitrogens with zero attached hydrogens (tertiary/aromatic N) is 2. The molecule has 1 atom stereocenters. The number of benzene rings is 4. The van der Waals surface area contributed by atoms with Crippen LogP contribution in [0.3, 0.4) is 0 Å². The number of carboxylic acids is 1. The first kappa shape index (κ1) is 33.5. The number of rotatable bonds is 13. The molecule has 0 aliphatic carbocycles. The monoisotopic (exact) mass is 591 g/mol. The zero-order valence-corrected chi connectivity index (χ0v) is 25.3. The number of carbonyl (C=O) groups is 2. The molecule has 4 aromatic carbocycles. The molecule has 4 aromatic rings. The van der Waals surface area contributed by atoms with Crippen molar-refractivity contribution in [3.63, 3.8) is 0 Å². The summed E-state index contributed by atoms with van der Waals surface area (Å²) < 4.78 is 0. The van der Waals surface area contributed by atoms with E-state index in [0.717, 1.165) is 22.3 Å². The summed E-state index contributed by atoms with van der Waals surface area (Å²) in [6.07, 6.45) is 2.20. The van der Waals surface area contributed by atoms with Gasteiger partial charge in [0, 0.05) is 24.7 Å². The van der Waals surface area contributed by atoms with Crippen molar-refractivity contribution in [3.8, 4) is 11.1 Å². The van der Waals surface area contributed by atoms with Gasteiger partial charge >= 0.3 is 24.8 Å². The number of thioether (sulfide) groups is 1. The van der Waals surface area contributed by atoms with Gasteiger partial charge in [-0.15, -0.1) is 0 Å². The Hall–Kier alpha value is -4.03. The van der Waals surface area contributed by atoms with Gasteiger partial charge in [0.15, 0.2) is 0 Å². The summed E-state index contributed by atoms with van der Waals surface area (Å²) in [6, 6.07) is 28.5. The van der Waals surface area contributed by atoms with Crippen molar-refractivity contribution in [1.82, 2.24) is 5.32 Å². The number of nitrogens with one attached hydrogen (secondary N) is 1. The van der Waals surface area contributed by atoms with Crippen molar-refractivity contribution < 1.29 is 39.9 Å². The summed E-state index contributed by atoms with van der Waals surface area (Å²) in [4.78, 5) is 38.8. The second kappa shape index (κ2) is 16.0. The summed E-state index contributed by atoms with van der Waals surface area (Å²) in [5, 5.41) is 24.3. The molecule has 0 aliphatic rings. The van der Waals surface area contributed by atoms with Crippen LogP contribution >= 0.6 is 11.8 Å². The summed E-state index contributed by atoms with van der Waals surface area (Å²) in [5.74, 6) is -0.940. The fourth-order valence-electron chi connectivity index (χ4n) is 4.85. The first-order chi connectivity index (χ1) is 20.3. The fraction of sp³-hybridized carbons (Fsp3) is 0.212. The molecule has 2 N–H and O–H groups in total. The molecule has 0 radical (unpaired) electrons. The average Bonchev–Trinajstić information content (AvgIpc) is 2.99. The molecule has 8 nitrogen and oxygen atoms in total. The van der Waals surface area contributed by atoms with Crippen LogP contribution in [0.15, 0.2) is 97.1 Å². The molecular weight excluding hydrogens is 557 g/mol. The Morgan fingerprint density at radius 3 is 2.26 bits per heavy atom. The van der Waals surface area contributed by atoms with Crippen LogP contribution in [-0.4, -0.2) is 40.0 Å². The molecule has 4 rings (SSSR count). The molecule has 0 fully saturated rings. The second-order valence-electron chi connectivity index (χ2n) is 9.93. The fourth-order valence-corrected chi connectivity index (χ4v) is 5.32. The summed E-state index contributed by atoms with van der Waals surface area (Å²) in [5.41, 5.74) is 5.17. The van der Waals surface area contributed by atoms with Gasteiger partial charge < -0.3 is 16.7 Å². The molecule has 0 saturated carbocycles. The molecule has 0 aliphatic heterocycles. The van der Waals surface area contributed by atoms with Crippen molar-refractivity contribution in [1.29, 1.82) is 0 Å². The number of amides is 1. The molecule has 0 spiro atoms. The van der Waals surface area contributed by atoms with Gasteiger partial charge in [-0.2, -0.15) is 11.8 Å². The Bertz CT molecular complexity index is 1570. The molecule has 0 bridgehead atoms. The van der Waals surface area contributed by atoms with Crippen LogP contribution in [0.1, 0.15) is 34.9 Å². The number of para-hydroxylation sites is 2. The Morgan fingerprint density at radius 1 is 0.930 bits per heavy atom. The van der Waals surface area contributed by atoms with Gasteiger partial charge in [0.2, 0.25) is 0 Å². The van der Waals surface area contributed by atoms with Gasteiger partial charge in [-0.05, 0) is 71.4 Å². The molecule has 0 saturated heterocycles. The van der Waals surface area contributed by atoms with Crippen molar-refractivity contribution in [2.75, 3.05) is 16.9 Å². The Morgan fingerprint density at radius 2 is 1.58 bits per heavy atom. The standard InChI is InChI=1S/C33H33N3O5S.Li.H/c1-23-10-6-7-13-26(23)28-20-25(16-17-27(28)32(37)34-29(33(38)39)18-19-42-2)22-35(21-24-11-4-3-5-12-24)30-14-8-9-15-31(30)36(40)41;;/h3-17,20,29H,18-19,21-22H2,1-2H3,(H,34,37)(H,38,39);;/q;+1;-1/t29-;;/m0../s1. The SMILES string of the molecule is CSCC[C@H](NC(=O)c1ccc(CN(Cc2ccccc2)c2ccccc2[N+](=O)[O-])cc1-c1ccccc1C)C(=O)O.[H-].[Li+]. The second-order valence-corrected chi connectivity index (χ2v) is 10.9. The third-order valence-corrected chi connectivity index (χ3v) is 7.63. The van der Waals surface area contributed by atoms with Crippen LogP contribution < -0.4 is 29.1 Å². The Labute approximate surface area is 269 Å². The Balaban J connectivity index is 0.00000337. The molecule has 218 valence electrons. The first-order valence-corrected chi connectivity index (χ1v) is 14.9. The quantitative estimate of drug-likeness (QED) is 0.138. The van der Waals surface area contributed by atoms with Crippen LogP contribution in [0, 0.1) is 17.0 Å². The van der Waals surface area contributed by atoms with Gasteiger partial charge in [-0.25, -0.2) is 4.79 Å². The van der Waals surface area contributed by atoms with Crippen LogP contribution in [0.5, 0.6) is 0 Å². The van der Waals surface area contributed by atoms with Gasteiger partial charge in [0.1, 0.15) is 11.7 Å². The number of carbonyl (C=O) groups excluding carboxylic acids is 1. The van der Waals surface area contributed by atoms with Gasteiger partial charge in [-0.1, -0.05) is 72.8 Å². The normalized spacial score (nSPS) is 11.2. The minimum atomic E-state index is -1.08. The van der Waals surface area contributed by atoms with Crippen LogP contribution in [0.4, 0.5) is 11.4 Å². The molecule has 0 unspecified atom stereocenters. The predicted molar refractivity (Wildman–Crippen MR) is 169 cm³/mol. The predicted octanol–water partition coefficient (Wildman–Crippen LogP) is 3.83. The van der Waals surface area contributed by atoms with E-state index >= 15 is 0 Å². The van der Waals surface area contributed by atoms with E-state index in [4.69, 9.17) is 0 Å². The number of aryl methyl sites for hydroxylation is 1. The smallest absolute Gasteiger partial charge is 1.00 e. The number of nitro groups is 1. The molecular formula is C33H34LiN3O5S. The minimum absolute atomic E-state index is 0. The average molecular weight is 592 g/mol. The zero-order chi connectivity index (χ0) is 30.1. The van der Waals surface area contributed by atoms with Crippen molar-refractivity contribution in [2.45, 2.75) is 32.5 Å². The molecule has 0 heterocycles. The number of hydrogen-bond acceptors (Lipinski definition) is 6. The van der Waals surface area contributed by atoms with Crippen LogP contribution in [0.2, 0.25) is 0 Å². The third-order valence-electron chi connectivity index (χ3n) is 6.99. The summed E-state index contributed by atoms with van der Waals surface area (Å²) >= 11 is 1.52. The van der Waals surface area contributed by atoms with Gasteiger partial charge in [0.05, 0.1) is 4.92 Å². The molecule has 10 heteroatoms. The largest absolute Gasteiger partial charge is 1.00 e. The van der Waals surface area contributed by atoms with Gasteiger partial charge in [-0.3, -0.25) is 14.9 Å². The maximum atomic E-state index is 13.5. The van der Waals surface area contributed by atoms with E-state index in [1.165, 1.54) is 17.8 Å². The third kappa shape index (κ3) is 8.74. The maximum Gasteiger partial charge on any atom is 1.00 e. The van der Waals surface area contributed by atoms with Gasteiger partial charge in [0.25, 0.3) is 11.6 Å². The van der Waals surface area contributed by atoms with Crippen molar-refractivity contribution in [3.05, 3.63) is 129 Å². The van der Waals surface area contributed by atoms with Crippen LogP contribution in [0.25, 0.3) is 11.1 Å². The van der Waals surface area contributed by atoms with Crippen molar-refractivity contribution in [2.24, 2.45) is 0 Å². The number of carboxylic acid groups (broad SMARTS) is 1. The van der Waals surface area contributed by atoms with Crippen LogP contribution in [-0.2, 0) is 17.9 Å². The van der Waals surface area contributed by atoms with E-state index in [9.17, 15) is 24.8 Å². The van der Waals surface area contributed by atoms with E-state index in [2.05, 4.69) is 5.32 Å². The summed E-state index contributed by atoms with van der Waals surface area (Å²) in [6.45, 7) is 2.73.